The summed E-state index contributed by atoms with van der Waals surface area (Å²) >= 11 is 0. The number of likely N-dealkylation sites (tertiary alicyclic amines) is 1. The Hall–Kier alpha value is -1.42. The highest BCUT2D eigenvalue weighted by molar-refractivity contribution is 5.94. The zero-order chi connectivity index (χ0) is 12.4. The molecule has 1 saturated heterocycles. The summed E-state index contributed by atoms with van der Waals surface area (Å²) in [6.45, 7) is 3.70. The first kappa shape index (κ1) is 12.0. The molecule has 1 aliphatic heterocycles. The van der Waals surface area contributed by atoms with Crippen LogP contribution in [0.4, 0.5) is 4.39 Å². The molecular formula is C13H17FN2O. The van der Waals surface area contributed by atoms with Gasteiger partial charge in [0.05, 0.1) is 5.56 Å². The van der Waals surface area contributed by atoms with E-state index in [9.17, 15) is 9.18 Å². The second-order valence-corrected chi connectivity index (χ2v) is 4.62. The number of nitrogens with zero attached hydrogens (tertiary/aromatic N) is 1. The molecule has 0 bridgehead atoms. The molecule has 4 heteroatoms. The quantitative estimate of drug-likeness (QED) is 0.847. The minimum Gasteiger partial charge on any atom is -0.338 e. The highest BCUT2D eigenvalue weighted by Crippen LogP contribution is 2.19. The number of benzene rings is 1. The number of rotatable bonds is 2. The second-order valence-electron chi connectivity index (χ2n) is 4.62. The van der Waals surface area contributed by atoms with Gasteiger partial charge in [0.25, 0.3) is 5.91 Å². The number of hydrogen-bond donors (Lipinski definition) is 1. The van der Waals surface area contributed by atoms with Gasteiger partial charge in [0, 0.05) is 13.1 Å². The van der Waals surface area contributed by atoms with Gasteiger partial charge in [-0.15, -0.1) is 0 Å². The topological polar surface area (TPSA) is 46.3 Å². The Morgan fingerprint density at radius 1 is 1.59 bits per heavy atom. The van der Waals surface area contributed by atoms with Crippen molar-refractivity contribution in [1.29, 1.82) is 0 Å². The lowest BCUT2D eigenvalue weighted by molar-refractivity contribution is 0.0783. The van der Waals surface area contributed by atoms with E-state index in [1.54, 1.807) is 24.0 Å². The van der Waals surface area contributed by atoms with E-state index in [2.05, 4.69) is 0 Å². The summed E-state index contributed by atoms with van der Waals surface area (Å²) in [5.41, 5.74) is 6.55. The van der Waals surface area contributed by atoms with Gasteiger partial charge < -0.3 is 10.6 Å². The van der Waals surface area contributed by atoms with Crippen LogP contribution in [0.2, 0.25) is 0 Å². The summed E-state index contributed by atoms with van der Waals surface area (Å²) in [6.07, 6.45) is 0.912. The maximum atomic E-state index is 13.7. The monoisotopic (exact) mass is 236 g/mol. The van der Waals surface area contributed by atoms with Gasteiger partial charge in [0.1, 0.15) is 5.82 Å². The Morgan fingerprint density at radius 3 is 2.94 bits per heavy atom. The molecule has 1 atom stereocenters. The lowest BCUT2D eigenvalue weighted by atomic mass is 10.1. The fraction of sp³-hybridized carbons (Fsp3) is 0.462. The average Bonchev–Trinajstić information content (AvgIpc) is 2.76. The van der Waals surface area contributed by atoms with E-state index in [-0.39, 0.29) is 11.5 Å². The summed E-state index contributed by atoms with van der Waals surface area (Å²) in [4.78, 5) is 13.8. The third kappa shape index (κ3) is 2.47. The summed E-state index contributed by atoms with van der Waals surface area (Å²) in [5.74, 6) is -0.308. The maximum Gasteiger partial charge on any atom is 0.256 e. The van der Waals surface area contributed by atoms with Crippen molar-refractivity contribution in [3.8, 4) is 0 Å². The van der Waals surface area contributed by atoms with E-state index in [4.69, 9.17) is 5.73 Å². The van der Waals surface area contributed by atoms with Crippen molar-refractivity contribution < 1.29 is 9.18 Å². The fourth-order valence-corrected chi connectivity index (χ4v) is 2.17. The van der Waals surface area contributed by atoms with Crippen LogP contribution in [0.5, 0.6) is 0 Å². The van der Waals surface area contributed by atoms with Crippen LogP contribution in [0.15, 0.2) is 18.2 Å². The molecule has 1 amide bonds. The average molecular weight is 236 g/mol. The number of carbonyl (C=O) groups is 1. The van der Waals surface area contributed by atoms with E-state index in [0.29, 0.717) is 25.6 Å². The van der Waals surface area contributed by atoms with E-state index in [0.717, 1.165) is 12.0 Å². The SMILES string of the molecule is Cc1ccc(C(=O)N2CCC(CN)C2)c(F)c1. The molecule has 2 N–H and O–H groups in total. The molecule has 92 valence electrons. The van der Waals surface area contributed by atoms with Crippen molar-refractivity contribution in [2.45, 2.75) is 13.3 Å². The zero-order valence-corrected chi connectivity index (χ0v) is 9.95. The Kier molecular flexibility index (Phi) is 3.43. The van der Waals surface area contributed by atoms with Crippen molar-refractivity contribution in [2.24, 2.45) is 11.7 Å². The van der Waals surface area contributed by atoms with Gasteiger partial charge in [-0.05, 0) is 43.5 Å². The zero-order valence-electron chi connectivity index (χ0n) is 9.95. The summed E-state index contributed by atoms with van der Waals surface area (Å²) < 4.78 is 13.7. The Balaban J connectivity index is 2.15. The van der Waals surface area contributed by atoms with Gasteiger partial charge in [0.15, 0.2) is 0 Å². The van der Waals surface area contributed by atoms with Crippen molar-refractivity contribution in [3.05, 3.63) is 35.1 Å². The molecule has 0 aliphatic carbocycles. The Morgan fingerprint density at radius 2 is 2.35 bits per heavy atom. The number of hydrogen-bond acceptors (Lipinski definition) is 2. The first-order valence-electron chi connectivity index (χ1n) is 5.87. The van der Waals surface area contributed by atoms with Crippen molar-refractivity contribution in [1.82, 2.24) is 4.90 Å². The Labute approximate surface area is 100 Å². The predicted octanol–water partition coefficient (Wildman–Crippen LogP) is 1.55. The first-order chi connectivity index (χ1) is 8.11. The van der Waals surface area contributed by atoms with Crippen molar-refractivity contribution in [3.63, 3.8) is 0 Å². The first-order valence-corrected chi connectivity index (χ1v) is 5.87. The highest BCUT2D eigenvalue weighted by atomic mass is 19.1. The van der Waals surface area contributed by atoms with Crippen LogP contribution in [-0.2, 0) is 0 Å². The lowest BCUT2D eigenvalue weighted by Gasteiger charge is -2.16. The molecular weight excluding hydrogens is 219 g/mol. The number of carbonyl (C=O) groups excluding carboxylic acids is 1. The minimum absolute atomic E-state index is 0.160. The van der Waals surface area contributed by atoms with Gasteiger partial charge in [0.2, 0.25) is 0 Å². The lowest BCUT2D eigenvalue weighted by Crippen LogP contribution is -2.30. The Bertz CT molecular complexity index is 433. The van der Waals surface area contributed by atoms with Crippen LogP contribution in [0, 0.1) is 18.7 Å². The molecule has 3 nitrogen and oxygen atoms in total. The third-order valence-corrected chi connectivity index (χ3v) is 3.26. The van der Waals surface area contributed by atoms with E-state index < -0.39 is 5.82 Å². The third-order valence-electron chi connectivity index (χ3n) is 3.26. The molecule has 0 aromatic heterocycles. The molecule has 1 aromatic carbocycles. The molecule has 1 aromatic rings. The van der Waals surface area contributed by atoms with Crippen LogP contribution in [-0.4, -0.2) is 30.4 Å². The second kappa shape index (κ2) is 4.84. The van der Waals surface area contributed by atoms with Gasteiger partial charge in [-0.1, -0.05) is 6.07 Å². The number of aryl methyl sites for hydroxylation is 1. The molecule has 0 radical (unpaired) electrons. The van der Waals surface area contributed by atoms with E-state index in [1.807, 2.05) is 0 Å². The summed E-state index contributed by atoms with van der Waals surface area (Å²) in [5, 5.41) is 0. The highest BCUT2D eigenvalue weighted by Gasteiger charge is 2.27. The standard InChI is InChI=1S/C13H17FN2O/c1-9-2-3-11(12(14)6-9)13(17)16-5-4-10(7-15)8-16/h2-3,6,10H,4-5,7-8,15H2,1H3. The largest absolute Gasteiger partial charge is 0.338 e. The van der Waals surface area contributed by atoms with Gasteiger partial charge >= 0.3 is 0 Å². The van der Waals surface area contributed by atoms with Gasteiger partial charge in [-0.2, -0.15) is 0 Å². The number of nitrogens with two attached hydrogens (primary N) is 1. The predicted molar refractivity (Wildman–Crippen MR) is 64.2 cm³/mol. The van der Waals surface area contributed by atoms with Crippen LogP contribution in [0.1, 0.15) is 22.3 Å². The molecule has 1 fully saturated rings. The van der Waals surface area contributed by atoms with Gasteiger partial charge in [-0.3, -0.25) is 4.79 Å². The normalized spacial score (nSPS) is 19.7. The molecule has 1 aliphatic rings. The molecule has 0 saturated carbocycles. The smallest absolute Gasteiger partial charge is 0.256 e. The fourth-order valence-electron chi connectivity index (χ4n) is 2.17. The van der Waals surface area contributed by atoms with Gasteiger partial charge in [-0.25, -0.2) is 4.39 Å². The molecule has 1 heterocycles. The summed E-state index contributed by atoms with van der Waals surface area (Å²) in [6, 6.07) is 4.71. The minimum atomic E-state index is -0.439. The molecule has 1 unspecified atom stereocenters. The number of halogens is 1. The van der Waals surface area contributed by atoms with Crippen LogP contribution in [0.3, 0.4) is 0 Å². The number of amides is 1. The van der Waals surface area contributed by atoms with E-state index in [1.165, 1.54) is 6.07 Å². The molecule has 17 heavy (non-hydrogen) atoms. The van der Waals surface area contributed by atoms with E-state index >= 15 is 0 Å². The van der Waals surface area contributed by atoms with Crippen LogP contribution >= 0.6 is 0 Å². The van der Waals surface area contributed by atoms with Crippen molar-refractivity contribution in [2.75, 3.05) is 19.6 Å². The molecule has 2 rings (SSSR count). The summed E-state index contributed by atoms with van der Waals surface area (Å²) in [7, 11) is 0. The van der Waals surface area contributed by atoms with Crippen LogP contribution < -0.4 is 5.73 Å². The maximum absolute atomic E-state index is 13.7. The van der Waals surface area contributed by atoms with Crippen LogP contribution in [0.25, 0.3) is 0 Å². The molecule has 0 spiro atoms. The van der Waals surface area contributed by atoms with Crippen molar-refractivity contribution >= 4 is 5.91 Å².